The molecule has 0 bridgehead atoms. The number of halogens is 1. The number of benzene rings is 2. The molecular formula is C19H23IN4O. The van der Waals surface area contributed by atoms with Crippen LogP contribution in [-0.4, -0.2) is 30.4 Å². The van der Waals surface area contributed by atoms with Gasteiger partial charge in [-0.05, 0) is 17.7 Å². The number of amides is 1. The summed E-state index contributed by atoms with van der Waals surface area (Å²) in [6.07, 6.45) is 0.498. The molecule has 0 radical (unpaired) electrons. The van der Waals surface area contributed by atoms with Gasteiger partial charge in [-0.25, -0.2) is 0 Å². The van der Waals surface area contributed by atoms with Crippen LogP contribution >= 0.6 is 24.0 Å². The van der Waals surface area contributed by atoms with Crippen molar-refractivity contribution in [1.29, 1.82) is 0 Å². The Kier molecular flexibility index (Phi) is 6.81. The third kappa shape index (κ3) is 4.72. The van der Waals surface area contributed by atoms with Crippen molar-refractivity contribution in [2.45, 2.75) is 12.5 Å². The Labute approximate surface area is 165 Å². The first-order chi connectivity index (χ1) is 11.6. The molecule has 25 heavy (non-hydrogen) atoms. The highest BCUT2D eigenvalue weighted by Gasteiger charge is 2.38. The molecule has 1 saturated heterocycles. The van der Waals surface area contributed by atoms with Gasteiger partial charge in [-0.2, -0.15) is 0 Å². The third-order valence-electron chi connectivity index (χ3n) is 4.38. The second-order valence-corrected chi connectivity index (χ2v) is 6.04. The second kappa shape index (κ2) is 8.84. The van der Waals surface area contributed by atoms with Gasteiger partial charge in [-0.3, -0.25) is 9.79 Å². The molecule has 0 aromatic heterocycles. The van der Waals surface area contributed by atoms with Crippen LogP contribution in [0.5, 0.6) is 0 Å². The van der Waals surface area contributed by atoms with Crippen LogP contribution in [0.1, 0.15) is 18.0 Å². The number of aliphatic imine (C=N–C) groups is 1. The maximum atomic E-state index is 12.1. The first kappa shape index (κ1) is 19.2. The van der Waals surface area contributed by atoms with E-state index in [1.54, 1.807) is 0 Å². The fraction of sp³-hybridized carbons (Fsp3) is 0.263. The maximum Gasteiger partial charge on any atom is 0.223 e. The molecule has 132 valence electrons. The maximum absolute atomic E-state index is 12.1. The smallest absolute Gasteiger partial charge is 0.223 e. The third-order valence-corrected chi connectivity index (χ3v) is 4.38. The summed E-state index contributed by atoms with van der Waals surface area (Å²) >= 11 is 0. The fourth-order valence-electron chi connectivity index (χ4n) is 3.19. The molecule has 1 fully saturated rings. The van der Waals surface area contributed by atoms with Crippen molar-refractivity contribution in [2.24, 2.45) is 16.6 Å². The number of nitrogens with zero attached hydrogens (tertiary/aromatic N) is 2. The number of nitrogens with one attached hydrogen (secondary N) is 1. The average molecular weight is 450 g/mol. The lowest BCUT2D eigenvalue weighted by Crippen LogP contribution is -2.26. The van der Waals surface area contributed by atoms with E-state index in [1.165, 1.54) is 0 Å². The van der Waals surface area contributed by atoms with E-state index in [1.807, 2.05) is 60.5 Å². The molecule has 3 rings (SSSR count). The molecule has 6 heteroatoms. The van der Waals surface area contributed by atoms with Crippen LogP contribution in [0.4, 0.5) is 5.69 Å². The molecule has 1 amide bonds. The van der Waals surface area contributed by atoms with Crippen molar-refractivity contribution >= 4 is 41.5 Å². The van der Waals surface area contributed by atoms with Crippen molar-refractivity contribution in [2.75, 3.05) is 18.9 Å². The molecule has 0 saturated carbocycles. The fourth-order valence-corrected chi connectivity index (χ4v) is 3.19. The molecule has 2 aromatic carbocycles. The number of hydrogen-bond donors (Lipinski definition) is 2. The highest BCUT2D eigenvalue weighted by molar-refractivity contribution is 14.0. The van der Waals surface area contributed by atoms with Gasteiger partial charge in [0.2, 0.25) is 5.91 Å². The zero-order chi connectivity index (χ0) is 16.9. The Morgan fingerprint density at radius 1 is 1.16 bits per heavy atom. The van der Waals surface area contributed by atoms with Crippen LogP contribution in [0.3, 0.4) is 0 Å². The summed E-state index contributed by atoms with van der Waals surface area (Å²) < 4.78 is 0. The monoisotopic (exact) mass is 450 g/mol. The summed E-state index contributed by atoms with van der Waals surface area (Å²) in [6.45, 7) is 0.515. The minimum absolute atomic E-state index is 0. The molecule has 0 spiro atoms. The van der Waals surface area contributed by atoms with Gasteiger partial charge in [-0.1, -0.05) is 48.5 Å². The Morgan fingerprint density at radius 3 is 2.40 bits per heavy atom. The van der Waals surface area contributed by atoms with E-state index >= 15 is 0 Å². The Morgan fingerprint density at radius 2 is 1.76 bits per heavy atom. The van der Waals surface area contributed by atoms with Gasteiger partial charge in [0.05, 0.1) is 6.04 Å². The summed E-state index contributed by atoms with van der Waals surface area (Å²) in [5.41, 5.74) is 8.02. The van der Waals surface area contributed by atoms with Crippen LogP contribution in [0.2, 0.25) is 0 Å². The highest BCUT2D eigenvalue weighted by atomic mass is 127. The van der Waals surface area contributed by atoms with Crippen molar-refractivity contribution in [3.63, 3.8) is 0 Å². The van der Waals surface area contributed by atoms with Gasteiger partial charge < -0.3 is 16.0 Å². The van der Waals surface area contributed by atoms with Crippen molar-refractivity contribution in [1.82, 2.24) is 4.90 Å². The predicted octanol–water partition coefficient (Wildman–Crippen LogP) is 3.25. The molecule has 2 atom stereocenters. The quantitative estimate of drug-likeness (QED) is 0.427. The van der Waals surface area contributed by atoms with Crippen LogP contribution < -0.4 is 11.1 Å². The van der Waals surface area contributed by atoms with E-state index in [4.69, 9.17) is 5.73 Å². The standard InChI is InChI=1S/C19H22N4O.HI/c1-23-17(24)12-15(18(23)14-8-4-2-5-9-14)13-21-19(20)22-16-10-6-3-7-11-16;/h2-11,15,18H,12-13H2,1H3,(H3,20,21,22);1H/t15-,18-;/m0./s1. The molecule has 1 aliphatic heterocycles. The number of guanidine groups is 1. The highest BCUT2D eigenvalue weighted by Crippen LogP contribution is 2.36. The van der Waals surface area contributed by atoms with E-state index in [-0.39, 0.29) is 41.8 Å². The largest absolute Gasteiger partial charge is 0.370 e. The minimum atomic E-state index is 0. The van der Waals surface area contributed by atoms with Gasteiger partial charge in [0.1, 0.15) is 0 Å². The number of para-hydroxylation sites is 1. The Hall–Kier alpha value is -2.09. The second-order valence-electron chi connectivity index (χ2n) is 6.04. The molecule has 2 aromatic rings. The Bertz CT molecular complexity index is 721. The normalized spacial score (nSPS) is 20.3. The molecular weight excluding hydrogens is 427 g/mol. The van der Waals surface area contributed by atoms with E-state index in [2.05, 4.69) is 22.4 Å². The molecule has 3 N–H and O–H groups in total. The van der Waals surface area contributed by atoms with Crippen molar-refractivity contribution < 1.29 is 4.79 Å². The predicted molar refractivity (Wildman–Crippen MR) is 112 cm³/mol. The minimum Gasteiger partial charge on any atom is -0.370 e. The van der Waals surface area contributed by atoms with Crippen LogP contribution in [0.15, 0.2) is 65.7 Å². The molecule has 1 heterocycles. The average Bonchev–Trinajstić information content (AvgIpc) is 2.89. The summed E-state index contributed by atoms with van der Waals surface area (Å²) in [5.74, 6) is 0.648. The molecule has 5 nitrogen and oxygen atoms in total. The zero-order valence-electron chi connectivity index (χ0n) is 14.1. The van der Waals surface area contributed by atoms with Crippen LogP contribution in [-0.2, 0) is 4.79 Å². The molecule has 0 unspecified atom stereocenters. The first-order valence-corrected chi connectivity index (χ1v) is 8.08. The van der Waals surface area contributed by atoms with Gasteiger partial charge in [0.25, 0.3) is 0 Å². The van der Waals surface area contributed by atoms with Crippen molar-refractivity contribution in [3.05, 3.63) is 66.2 Å². The lowest BCUT2D eigenvalue weighted by atomic mass is 9.94. The van der Waals surface area contributed by atoms with E-state index in [0.29, 0.717) is 18.9 Å². The van der Waals surface area contributed by atoms with Crippen LogP contribution in [0, 0.1) is 5.92 Å². The summed E-state index contributed by atoms with van der Waals surface area (Å²) in [6, 6.07) is 19.8. The van der Waals surface area contributed by atoms with Gasteiger partial charge in [0.15, 0.2) is 5.96 Å². The summed E-state index contributed by atoms with van der Waals surface area (Å²) in [4.78, 5) is 18.4. The zero-order valence-corrected chi connectivity index (χ0v) is 16.5. The van der Waals surface area contributed by atoms with E-state index in [0.717, 1.165) is 11.3 Å². The molecule has 1 aliphatic rings. The lowest BCUT2D eigenvalue weighted by Gasteiger charge is -2.24. The SMILES string of the molecule is CN1C(=O)C[C@@H](CN=C(N)Nc2ccccc2)[C@@H]1c1ccccc1.I. The van der Waals surface area contributed by atoms with Gasteiger partial charge >= 0.3 is 0 Å². The first-order valence-electron chi connectivity index (χ1n) is 8.08. The van der Waals surface area contributed by atoms with Gasteiger partial charge in [0, 0.05) is 31.6 Å². The number of carbonyl (C=O) groups excluding carboxylic acids is 1. The van der Waals surface area contributed by atoms with Gasteiger partial charge in [-0.15, -0.1) is 24.0 Å². The summed E-state index contributed by atoms with van der Waals surface area (Å²) in [7, 11) is 1.86. The number of hydrogen-bond acceptors (Lipinski definition) is 2. The Balaban J connectivity index is 0.00000225. The number of nitrogens with two attached hydrogens (primary N) is 1. The molecule has 0 aliphatic carbocycles. The number of rotatable bonds is 4. The van der Waals surface area contributed by atoms with Crippen LogP contribution in [0.25, 0.3) is 0 Å². The number of carbonyl (C=O) groups is 1. The topological polar surface area (TPSA) is 70.7 Å². The van der Waals surface area contributed by atoms with Crippen molar-refractivity contribution in [3.8, 4) is 0 Å². The van der Waals surface area contributed by atoms with E-state index in [9.17, 15) is 4.79 Å². The lowest BCUT2D eigenvalue weighted by molar-refractivity contribution is -0.127. The number of likely N-dealkylation sites (tertiary alicyclic amines) is 1. The number of anilines is 1. The van der Waals surface area contributed by atoms with E-state index < -0.39 is 0 Å². The summed E-state index contributed by atoms with van der Waals surface area (Å²) in [5, 5.41) is 3.07.